The molecule has 4 heteroatoms. The molecule has 226 valence electrons. The monoisotopic (exact) mass is 622 g/mol. The molecule has 0 fully saturated rings. The summed E-state index contributed by atoms with van der Waals surface area (Å²) in [6.07, 6.45) is 1.88. The van der Waals surface area contributed by atoms with E-state index >= 15 is 0 Å². The van der Waals surface area contributed by atoms with E-state index in [0.29, 0.717) is 0 Å². The molecule has 0 unspecified atom stereocenters. The van der Waals surface area contributed by atoms with Crippen LogP contribution in [0.4, 0.5) is 0 Å². The second-order valence-corrected chi connectivity index (χ2v) is 13.2. The molecular formula is C45H26N4. The molecule has 0 spiro atoms. The average molecular weight is 623 g/mol. The lowest BCUT2D eigenvalue weighted by Crippen LogP contribution is -1.98. The van der Waals surface area contributed by atoms with Crippen LogP contribution in [-0.2, 0) is 0 Å². The Morgan fingerprint density at radius 1 is 0.367 bits per heavy atom. The molecule has 0 aliphatic heterocycles. The van der Waals surface area contributed by atoms with Crippen LogP contribution in [0.3, 0.4) is 0 Å². The molecule has 12 aromatic rings. The van der Waals surface area contributed by atoms with Crippen molar-refractivity contribution < 1.29 is 0 Å². The normalized spacial score (nSPS) is 12.5. The van der Waals surface area contributed by atoms with Crippen molar-refractivity contribution in [3.8, 4) is 11.4 Å². The molecular weight excluding hydrogens is 597 g/mol. The summed E-state index contributed by atoms with van der Waals surface area (Å²) in [7, 11) is 0. The van der Waals surface area contributed by atoms with E-state index in [9.17, 15) is 0 Å². The molecule has 7 aromatic carbocycles. The van der Waals surface area contributed by atoms with Gasteiger partial charge < -0.3 is 8.97 Å². The van der Waals surface area contributed by atoms with Gasteiger partial charge in [-0.1, -0.05) is 78.9 Å². The van der Waals surface area contributed by atoms with Crippen molar-refractivity contribution in [2.75, 3.05) is 0 Å². The van der Waals surface area contributed by atoms with Gasteiger partial charge >= 0.3 is 0 Å². The zero-order chi connectivity index (χ0) is 31.8. The Balaban J connectivity index is 1.22. The molecule has 4 nitrogen and oxygen atoms in total. The van der Waals surface area contributed by atoms with E-state index in [0.717, 1.165) is 27.9 Å². The molecule has 5 aromatic heterocycles. The molecule has 5 heterocycles. The molecule has 0 bridgehead atoms. The summed E-state index contributed by atoms with van der Waals surface area (Å²) in [4.78, 5) is 4.82. The first-order chi connectivity index (χ1) is 24.3. The first kappa shape index (κ1) is 25.4. The molecule has 49 heavy (non-hydrogen) atoms. The van der Waals surface area contributed by atoms with Crippen LogP contribution < -0.4 is 0 Å². The summed E-state index contributed by atoms with van der Waals surface area (Å²) < 4.78 is 7.24. The number of hydrogen-bond donors (Lipinski definition) is 0. The summed E-state index contributed by atoms with van der Waals surface area (Å²) >= 11 is 0. The zero-order valence-corrected chi connectivity index (χ0v) is 26.3. The molecule has 12 rings (SSSR count). The fourth-order valence-electron chi connectivity index (χ4n) is 8.78. The highest BCUT2D eigenvalue weighted by atomic mass is 15.0. The van der Waals surface area contributed by atoms with E-state index in [1.54, 1.807) is 0 Å². The van der Waals surface area contributed by atoms with Crippen LogP contribution in [0.1, 0.15) is 0 Å². The number of benzene rings is 7. The van der Waals surface area contributed by atoms with Gasteiger partial charge in [-0.3, -0.25) is 4.57 Å². The maximum atomic E-state index is 4.82. The molecule has 0 saturated carbocycles. The topological polar surface area (TPSA) is 27.2 Å². The molecule has 0 radical (unpaired) electrons. The van der Waals surface area contributed by atoms with Crippen molar-refractivity contribution in [3.05, 3.63) is 158 Å². The van der Waals surface area contributed by atoms with Crippen LogP contribution in [0.25, 0.3) is 104 Å². The van der Waals surface area contributed by atoms with Gasteiger partial charge in [-0.2, -0.15) is 0 Å². The van der Waals surface area contributed by atoms with E-state index in [2.05, 4.69) is 159 Å². The SMILES string of the molecule is c1ccc2cc3c(cc2c1)c1c2c4ccccc4n4c5ccccc5c(cc1n3-c1ccc(-n3c5ccccc5c5cccnc53)cc1)c24. The van der Waals surface area contributed by atoms with Gasteiger partial charge in [0.2, 0.25) is 0 Å². The minimum atomic E-state index is 0.972. The minimum Gasteiger partial charge on any atom is -0.309 e. The fraction of sp³-hybridized carbons (Fsp3) is 0. The predicted octanol–water partition coefficient (Wildman–Crippen LogP) is 11.6. The van der Waals surface area contributed by atoms with Gasteiger partial charge in [-0.05, 0) is 83.6 Å². The maximum absolute atomic E-state index is 4.82. The Morgan fingerprint density at radius 3 is 1.73 bits per heavy atom. The van der Waals surface area contributed by atoms with Crippen LogP contribution in [-0.4, -0.2) is 18.5 Å². The van der Waals surface area contributed by atoms with E-state index in [1.165, 1.54) is 76.1 Å². The Morgan fingerprint density at radius 2 is 0.959 bits per heavy atom. The Labute approximate surface area is 279 Å². The quantitative estimate of drug-likeness (QED) is 0.188. The first-order valence-electron chi connectivity index (χ1n) is 16.8. The van der Waals surface area contributed by atoms with Crippen molar-refractivity contribution >= 4 is 92.6 Å². The van der Waals surface area contributed by atoms with E-state index in [4.69, 9.17) is 4.98 Å². The van der Waals surface area contributed by atoms with Gasteiger partial charge in [0.05, 0.1) is 33.1 Å². The van der Waals surface area contributed by atoms with Gasteiger partial charge in [-0.25, -0.2) is 4.98 Å². The third-order valence-electron chi connectivity index (χ3n) is 10.8. The minimum absolute atomic E-state index is 0.972. The largest absolute Gasteiger partial charge is 0.309 e. The Kier molecular flexibility index (Phi) is 4.69. The lowest BCUT2D eigenvalue weighted by molar-refractivity contribution is 1.12. The lowest BCUT2D eigenvalue weighted by atomic mass is 10.0. The second-order valence-electron chi connectivity index (χ2n) is 13.2. The highest BCUT2D eigenvalue weighted by Crippen LogP contribution is 2.47. The average Bonchev–Trinajstić information content (AvgIpc) is 3.88. The van der Waals surface area contributed by atoms with E-state index in [1.807, 2.05) is 12.3 Å². The number of para-hydroxylation sites is 3. The van der Waals surface area contributed by atoms with Gasteiger partial charge in [0, 0.05) is 60.7 Å². The standard InChI is InChI=1S/C45H26N4/c1-2-11-28-25-40-36(24-27(28)10-1)42-41(26-35-32-13-4-7-17-38(32)49-39-18-8-5-14-34(39)43(42)44(35)49)47(40)29-19-21-30(22-20-29)48-37-16-6-3-12-31(37)33-15-9-23-46-45(33)48/h1-26H. The van der Waals surface area contributed by atoms with Crippen molar-refractivity contribution in [1.82, 2.24) is 18.5 Å². The zero-order valence-electron chi connectivity index (χ0n) is 26.3. The summed E-state index contributed by atoms with van der Waals surface area (Å²) in [5.41, 5.74) is 10.6. The number of fused-ring (bicyclic) bond motifs is 14. The predicted molar refractivity (Wildman–Crippen MR) is 205 cm³/mol. The molecule has 0 aliphatic carbocycles. The third kappa shape index (κ3) is 3.16. The number of pyridine rings is 1. The number of rotatable bonds is 2. The van der Waals surface area contributed by atoms with Gasteiger partial charge in [0.1, 0.15) is 5.65 Å². The molecule has 0 aliphatic rings. The highest BCUT2D eigenvalue weighted by molar-refractivity contribution is 6.36. The summed E-state index contributed by atoms with van der Waals surface area (Å²) in [5.74, 6) is 0. The lowest BCUT2D eigenvalue weighted by Gasteiger charge is -2.12. The van der Waals surface area contributed by atoms with Gasteiger partial charge in [-0.15, -0.1) is 0 Å². The molecule has 0 atom stereocenters. The van der Waals surface area contributed by atoms with Crippen LogP contribution in [0.2, 0.25) is 0 Å². The van der Waals surface area contributed by atoms with Crippen LogP contribution in [0.5, 0.6) is 0 Å². The first-order valence-corrected chi connectivity index (χ1v) is 16.8. The maximum Gasteiger partial charge on any atom is 0.145 e. The number of hydrogen-bond acceptors (Lipinski definition) is 1. The molecule has 0 saturated heterocycles. The summed E-state index contributed by atoms with van der Waals surface area (Å²) in [6, 6.07) is 55.5. The Hall–Kier alpha value is -6.65. The number of aromatic nitrogens is 4. The summed E-state index contributed by atoms with van der Waals surface area (Å²) in [6.45, 7) is 0. The Bertz CT molecular complexity index is 3270. The van der Waals surface area contributed by atoms with Crippen molar-refractivity contribution in [1.29, 1.82) is 0 Å². The molecule has 0 amide bonds. The molecule has 0 N–H and O–H groups in total. The highest BCUT2D eigenvalue weighted by Gasteiger charge is 2.24. The van der Waals surface area contributed by atoms with Crippen molar-refractivity contribution in [2.24, 2.45) is 0 Å². The van der Waals surface area contributed by atoms with Gasteiger partial charge in [0.25, 0.3) is 0 Å². The summed E-state index contributed by atoms with van der Waals surface area (Å²) in [5, 5.41) is 12.6. The smallest absolute Gasteiger partial charge is 0.145 e. The van der Waals surface area contributed by atoms with Crippen LogP contribution in [0, 0.1) is 0 Å². The van der Waals surface area contributed by atoms with Crippen molar-refractivity contribution in [3.63, 3.8) is 0 Å². The second kappa shape index (κ2) is 9.03. The third-order valence-corrected chi connectivity index (χ3v) is 10.8. The fourth-order valence-corrected chi connectivity index (χ4v) is 8.78. The van der Waals surface area contributed by atoms with Crippen LogP contribution in [0.15, 0.2) is 158 Å². The van der Waals surface area contributed by atoms with Gasteiger partial charge in [0.15, 0.2) is 0 Å². The van der Waals surface area contributed by atoms with Crippen molar-refractivity contribution in [2.45, 2.75) is 0 Å². The van der Waals surface area contributed by atoms with Crippen LogP contribution >= 0.6 is 0 Å². The van der Waals surface area contributed by atoms with E-state index in [-0.39, 0.29) is 0 Å². The van der Waals surface area contributed by atoms with E-state index < -0.39 is 0 Å². The number of nitrogens with zero attached hydrogens (tertiary/aromatic N) is 4.